The molecule has 2 aromatic heterocycles. The van der Waals surface area contributed by atoms with E-state index >= 15 is 0 Å². The number of nitrogens with zero attached hydrogens (tertiary/aromatic N) is 4. The van der Waals surface area contributed by atoms with Crippen LogP contribution in [0.25, 0.3) is 11.3 Å². The quantitative estimate of drug-likeness (QED) is 0.716. The summed E-state index contributed by atoms with van der Waals surface area (Å²) in [6.07, 6.45) is 1.46. The van der Waals surface area contributed by atoms with E-state index in [0.29, 0.717) is 18.0 Å². The van der Waals surface area contributed by atoms with Gasteiger partial charge in [-0.05, 0) is 42.2 Å². The molecule has 0 amide bonds. The molecule has 0 saturated heterocycles. The standard InChI is InChI=1S/C19H14F2N4O2/c1-9-10-5-6-19(9,18-25-23-15(8-26)27-18)17-11(10)7-14(22-24-17)16-12(20)3-2-4-13(16)21/h2-4,7,10,26H,1,5-6,8H2/t10-,19-/m0/s1. The second-order valence-electron chi connectivity index (χ2n) is 6.81. The van der Waals surface area contributed by atoms with Crippen molar-refractivity contribution in [1.82, 2.24) is 20.4 Å². The van der Waals surface area contributed by atoms with Crippen molar-refractivity contribution in [3.05, 3.63) is 71.1 Å². The molecule has 2 aliphatic rings. The number of hydrogen-bond acceptors (Lipinski definition) is 6. The van der Waals surface area contributed by atoms with Crippen molar-refractivity contribution in [2.75, 3.05) is 0 Å². The molecule has 2 atom stereocenters. The van der Waals surface area contributed by atoms with Crippen LogP contribution in [0.1, 0.15) is 41.8 Å². The van der Waals surface area contributed by atoms with Crippen LogP contribution in [0.5, 0.6) is 0 Å². The first-order valence-electron chi connectivity index (χ1n) is 8.51. The van der Waals surface area contributed by atoms with E-state index in [2.05, 4.69) is 27.0 Å². The number of aliphatic hydroxyl groups is 1. The van der Waals surface area contributed by atoms with Gasteiger partial charge in [-0.25, -0.2) is 8.78 Å². The van der Waals surface area contributed by atoms with Gasteiger partial charge in [-0.3, -0.25) is 0 Å². The number of aliphatic hydroxyl groups excluding tert-OH is 1. The Hall–Kier alpha value is -3.00. The van der Waals surface area contributed by atoms with Crippen LogP contribution in [0.4, 0.5) is 8.78 Å². The lowest BCUT2D eigenvalue weighted by Crippen LogP contribution is -2.26. The average Bonchev–Trinajstić information content (AvgIpc) is 3.33. The lowest BCUT2D eigenvalue weighted by atomic mass is 9.81. The Kier molecular flexibility index (Phi) is 3.30. The van der Waals surface area contributed by atoms with E-state index in [1.165, 1.54) is 18.2 Å². The Morgan fingerprint density at radius 2 is 1.96 bits per heavy atom. The minimum atomic E-state index is -0.764. The van der Waals surface area contributed by atoms with E-state index in [4.69, 9.17) is 4.42 Å². The van der Waals surface area contributed by atoms with Crippen molar-refractivity contribution < 1.29 is 18.3 Å². The van der Waals surface area contributed by atoms with Gasteiger partial charge in [-0.15, -0.1) is 15.3 Å². The number of aromatic nitrogens is 4. The van der Waals surface area contributed by atoms with Crippen LogP contribution >= 0.6 is 0 Å². The van der Waals surface area contributed by atoms with Gasteiger partial charge >= 0.3 is 0 Å². The second kappa shape index (κ2) is 5.50. The van der Waals surface area contributed by atoms with Crippen molar-refractivity contribution in [1.29, 1.82) is 0 Å². The molecule has 0 spiro atoms. The Bertz CT molecular complexity index is 1080. The first kappa shape index (κ1) is 16.2. The van der Waals surface area contributed by atoms with Crippen molar-refractivity contribution in [2.45, 2.75) is 30.8 Å². The molecule has 2 heterocycles. The summed E-state index contributed by atoms with van der Waals surface area (Å²) in [4.78, 5) is 0. The molecule has 3 aromatic rings. The number of halogens is 2. The predicted octanol–water partition coefficient (Wildman–Crippen LogP) is 3.03. The lowest BCUT2D eigenvalue weighted by Gasteiger charge is -2.23. The molecule has 1 saturated carbocycles. The zero-order valence-electron chi connectivity index (χ0n) is 14.1. The second-order valence-corrected chi connectivity index (χ2v) is 6.81. The Morgan fingerprint density at radius 3 is 2.67 bits per heavy atom. The molecular weight excluding hydrogens is 354 g/mol. The van der Waals surface area contributed by atoms with Crippen LogP contribution in [-0.2, 0) is 12.0 Å². The maximum Gasteiger partial charge on any atom is 0.241 e. The first-order chi connectivity index (χ1) is 13.1. The topological polar surface area (TPSA) is 84.9 Å². The third-order valence-electron chi connectivity index (χ3n) is 5.57. The predicted molar refractivity (Wildman–Crippen MR) is 89.5 cm³/mol. The summed E-state index contributed by atoms with van der Waals surface area (Å²) in [7, 11) is 0. The molecule has 27 heavy (non-hydrogen) atoms. The smallest absolute Gasteiger partial charge is 0.241 e. The molecule has 2 aliphatic carbocycles. The van der Waals surface area contributed by atoms with Crippen LogP contribution in [-0.4, -0.2) is 25.5 Å². The van der Waals surface area contributed by atoms with E-state index in [1.807, 2.05) is 0 Å². The van der Waals surface area contributed by atoms with Gasteiger partial charge in [0.25, 0.3) is 0 Å². The fourth-order valence-electron chi connectivity index (χ4n) is 4.31. The summed E-state index contributed by atoms with van der Waals surface area (Å²) in [5, 5.41) is 25.5. The number of hydrogen-bond donors (Lipinski definition) is 1. The van der Waals surface area contributed by atoms with Gasteiger partial charge in [-0.1, -0.05) is 12.6 Å². The fourth-order valence-corrected chi connectivity index (χ4v) is 4.31. The highest BCUT2D eigenvalue weighted by atomic mass is 19.1. The highest BCUT2D eigenvalue weighted by Gasteiger charge is 2.58. The van der Waals surface area contributed by atoms with Gasteiger partial charge in [-0.2, -0.15) is 5.10 Å². The van der Waals surface area contributed by atoms with Crippen LogP contribution in [0, 0.1) is 11.6 Å². The fraction of sp³-hybridized carbons (Fsp3) is 0.263. The van der Waals surface area contributed by atoms with Gasteiger partial charge in [0.2, 0.25) is 11.8 Å². The number of benzene rings is 1. The number of fused-ring (bicyclic) bond motifs is 5. The van der Waals surface area contributed by atoms with Crippen LogP contribution in [0.15, 0.2) is 40.8 Å². The van der Waals surface area contributed by atoms with E-state index in [1.54, 1.807) is 6.07 Å². The highest BCUT2D eigenvalue weighted by molar-refractivity contribution is 5.66. The maximum atomic E-state index is 14.2. The Labute approximate surface area is 152 Å². The van der Waals surface area contributed by atoms with Crippen molar-refractivity contribution in [3.8, 4) is 11.3 Å². The monoisotopic (exact) mass is 368 g/mol. The van der Waals surface area contributed by atoms with E-state index in [0.717, 1.165) is 17.6 Å². The molecule has 1 N–H and O–H groups in total. The normalized spacial score (nSPS) is 23.1. The Morgan fingerprint density at radius 1 is 1.19 bits per heavy atom. The summed E-state index contributed by atoms with van der Waals surface area (Å²) < 4.78 is 33.9. The zero-order chi connectivity index (χ0) is 18.8. The minimum absolute atomic E-state index is 0.0199. The summed E-state index contributed by atoms with van der Waals surface area (Å²) in [6, 6.07) is 5.36. The highest BCUT2D eigenvalue weighted by Crippen LogP contribution is 2.62. The van der Waals surface area contributed by atoms with Gasteiger partial charge in [0, 0.05) is 5.92 Å². The largest absolute Gasteiger partial charge is 0.421 e. The van der Waals surface area contributed by atoms with E-state index < -0.39 is 17.0 Å². The van der Waals surface area contributed by atoms with Gasteiger partial charge in [0.1, 0.15) is 23.7 Å². The SMILES string of the molecule is C=C1[C@@H]2CC[C@@]1(c1nnc(CO)o1)c1nnc(-c3c(F)cccc3F)cc12. The molecule has 0 radical (unpaired) electrons. The first-order valence-corrected chi connectivity index (χ1v) is 8.51. The molecule has 136 valence electrons. The van der Waals surface area contributed by atoms with Gasteiger partial charge in [0.05, 0.1) is 17.0 Å². The van der Waals surface area contributed by atoms with Crippen molar-refractivity contribution >= 4 is 0 Å². The summed E-state index contributed by atoms with van der Waals surface area (Å²) in [5.41, 5.74) is 1.47. The summed E-state index contributed by atoms with van der Waals surface area (Å²) >= 11 is 0. The molecule has 0 unspecified atom stereocenters. The van der Waals surface area contributed by atoms with Crippen molar-refractivity contribution in [2.24, 2.45) is 0 Å². The van der Waals surface area contributed by atoms with E-state index in [9.17, 15) is 13.9 Å². The van der Waals surface area contributed by atoms with E-state index in [-0.39, 0.29) is 29.7 Å². The van der Waals surface area contributed by atoms with Crippen LogP contribution in [0.2, 0.25) is 0 Å². The molecular formula is C19H14F2N4O2. The van der Waals surface area contributed by atoms with Gasteiger partial charge < -0.3 is 9.52 Å². The summed E-state index contributed by atoms with van der Waals surface area (Å²) in [6.45, 7) is 3.85. The van der Waals surface area contributed by atoms with Crippen molar-refractivity contribution in [3.63, 3.8) is 0 Å². The van der Waals surface area contributed by atoms with Gasteiger partial charge in [0.15, 0.2) is 0 Å². The molecule has 1 fully saturated rings. The number of allylic oxidation sites excluding steroid dienone is 1. The summed E-state index contributed by atoms with van der Waals surface area (Å²) in [5.74, 6) is -0.969. The lowest BCUT2D eigenvalue weighted by molar-refractivity contribution is 0.232. The Balaban J connectivity index is 1.69. The minimum Gasteiger partial charge on any atom is -0.421 e. The van der Waals surface area contributed by atoms with Crippen LogP contribution < -0.4 is 0 Å². The maximum absolute atomic E-state index is 14.2. The number of rotatable bonds is 3. The molecule has 1 aromatic carbocycles. The molecule has 5 rings (SSSR count). The molecule has 8 heteroatoms. The average molecular weight is 368 g/mol. The third kappa shape index (κ3) is 2.01. The van der Waals surface area contributed by atoms with Crippen LogP contribution in [0.3, 0.4) is 0 Å². The zero-order valence-corrected chi connectivity index (χ0v) is 14.1. The molecule has 6 nitrogen and oxygen atoms in total. The molecule has 0 aliphatic heterocycles. The molecule has 2 bridgehead atoms. The third-order valence-corrected chi connectivity index (χ3v) is 5.57.